The Hall–Kier alpha value is -1.89. The van der Waals surface area contributed by atoms with Crippen LogP contribution in [0.15, 0.2) is 6.20 Å². The van der Waals surface area contributed by atoms with Crippen LogP contribution in [-0.4, -0.2) is 33.7 Å². The molecule has 0 spiro atoms. The molecule has 3 N–H and O–H groups in total. The molecule has 2 aromatic rings. The first kappa shape index (κ1) is 14.1. The van der Waals surface area contributed by atoms with E-state index >= 15 is 0 Å². The molecular formula is C14H19N5OS. The molecule has 0 radical (unpaired) electrons. The van der Waals surface area contributed by atoms with Gasteiger partial charge >= 0.3 is 0 Å². The molecule has 0 fully saturated rings. The Labute approximate surface area is 127 Å². The highest BCUT2D eigenvalue weighted by Crippen LogP contribution is 2.24. The van der Waals surface area contributed by atoms with Crippen molar-refractivity contribution in [3.8, 4) is 0 Å². The Morgan fingerprint density at radius 1 is 1.57 bits per heavy atom. The minimum atomic E-state index is -0.0258. The van der Waals surface area contributed by atoms with Crippen LogP contribution in [-0.2, 0) is 12.8 Å². The lowest BCUT2D eigenvalue weighted by atomic mass is 9.94. The lowest BCUT2D eigenvalue weighted by molar-refractivity contribution is 0.0937. The van der Waals surface area contributed by atoms with Crippen molar-refractivity contribution in [1.29, 1.82) is 0 Å². The van der Waals surface area contributed by atoms with Crippen molar-refractivity contribution in [1.82, 2.24) is 20.5 Å². The van der Waals surface area contributed by atoms with E-state index in [-0.39, 0.29) is 11.9 Å². The third-order valence-corrected chi connectivity index (χ3v) is 4.80. The summed E-state index contributed by atoms with van der Waals surface area (Å²) in [6, 6.07) is 0.162. The number of nitrogens with zero attached hydrogens (tertiary/aromatic N) is 2. The van der Waals surface area contributed by atoms with Gasteiger partial charge in [0.2, 0.25) is 0 Å². The molecule has 0 saturated carbocycles. The van der Waals surface area contributed by atoms with E-state index in [1.165, 1.54) is 16.9 Å². The Morgan fingerprint density at radius 3 is 3.24 bits per heavy atom. The SMILES string of the molecule is CCNc1nc(C)c(C(=O)N[C@H]2CCc3cn[nH]c3C2)s1. The normalized spacial score (nSPS) is 17.3. The summed E-state index contributed by atoms with van der Waals surface area (Å²) in [4.78, 5) is 17.5. The summed E-state index contributed by atoms with van der Waals surface area (Å²) in [7, 11) is 0. The van der Waals surface area contributed by atoms with Crippen LogP contribution in [0.3, 0.4) is 0 Å². The topological polar surface area (TPSA) is 82.7 Å². The number of anilines is 1. The van der Waals surface area contributed by atoms with Gasteiger partial charge in [0.1, 0.15) is 4.88 Å². The Kier molecular flexibility index (Phi) is 3.92. The van der Waals surface area contributed by atoms with Crippen molar-refractivity contribution >= 4 is 22.4 Å². The largest absolute Gasteiger partial charge is 0.362 e. The third-order valence-electron chi connectivity index (χ3n) is 3.69. The molecule has 2 aromatic heterocycles. The molecular weight excluding hydrogens is 286 g/mol. The number of hydrogen-bond acceptors (Lipinski definition) is 5. The number of nitrogens with one attached hydrogen (secondary N) is 3. The minimum absolute atomic E-state index is 0.0258. The van der Waals surface area contributed by atoms with Crippen molar-refractivity contribution in [2.45, 2.75) is 39.2 Å². The van der Waals surface area contributed by atoms with Crippen molar-refractivity contribution < 1.29 is 4.79 Å². The highest BCUT2D eigenvalue weighted by molar-refractivity contribution is 7.17. The van der Waals surface area contributed by atoms with Crippen molar-refractivity contribution in [3.05, 3.63) is 28.0 Å². The third kappa shape index (κ3) is 2.92. The predicted molar refractivity (Wildman–Crippen MR) is 82.9 cm³/mol. The highest BCUT2D eigenvalue weighted by atomic mass is 32.1. The molecule has 0 aromatic carbocycles. The second kappa shape index (κ2) is 5.85. The molecule has 3 rings (SSSR count). The second-order valence-electron chi connectivity index (χ2n) is 5.25. The van der Waals surface area contributed by atoms with Crippen LogP contribution < -0.4 is 10.6 Å². The van der Waals surface area contributed by atoms with Crippen molar-refractivity contribution in [2.75, 3.05) is 11.9 Å². The van der Waals surface area contributed by atoms with Crippen molar-refractivity contribution in [3.63, 3.8) is 0 Å². The second-order valence-corrected chi connectivity index (χ2v) is 6.25. The van der Waals surface area contributed by atoms with E-state index < -0.39 is 0 Å². The standard InChI is InChI=1S/C14H19N5OS/c1-3-15-14-17-8(2)12(21-14)13(20)18-10-5-4-9-7-16-19-11(9)6-10/h7,10H,3-6H2,1-2H3,(H,15,17)(H,16,19)(H,18,20)/t10-/m0/s1. The number of H-pyrrole nitrogens is 1. The van der Waals surface area contributed by atoms with E-state index in [0.717, 1.165) is 42.3 Å². The molecule has 0 bridgehead atoms. The highest BCUT2D eigenvalue weighted by Gasteiger charge is 2.23. The molecule has 1 atom stereocenters. The van der Waals surface area contributed by atoms with Gasteiger partial charge in [0.15, 0.2) is 5.13 Å². The molecule has 112 valence electrons. The van der Waals surface area contributed by atoms with Crippen LogP contribution in [0.1, 0.15) is 40.0 Å². The van der Waals surface area contributed by atoms with Crippen LogP contribution in [0.5, 0.6) is 0 Å². The van der Waals surface area contributed by atoms with Gasteiger partial charge in [-0.25, -0.2) is 4.98 Å². The number of aryl methyl sites for hydroxylation is 2. The maximum atomic E-state index is 12.4. The summed E-state index contributed by atoms with van der Waals surface area (Å²) < 4.78 is 0. The Morgan fingerprint density at radius 2 is 2.43 bits per heavy atom. The van der Waals surface area contributed by atoms with E-state index in [1.54, 1.807) is 0 Å². The van der Waals surface area contributed by atoms with E-state index in [4.69, 9.17) is 0 Å². The van der Waals surface area contributed by atoms with Crippen LogP contribution in [0.2, 0.25) is 0 Å². The number of carbonyl (C=O) groups excluding carboxylic acids is 1. The van der Waals surface area contributed by atoms with Gasteiger partial charge in [-0.3, -0.25) is 9.89 Å². The van der Waals surface area contributed by atoms with Gasteiger partial charge in [0.25, 0.3) is 5.91 Å². The number of amides is 1. The number of hydrogen-bond donors (Lipinski definition) is 3. The first-order valence-electron chi connectivity index (χ1n) is 7.20. The van der Waals surface area contributed by atoms with Gasteiger partial charge in [0, 0.05) is 24.7 Å². The maximum absolute atomic E-state index is 12.4. The van der Waals surface area contributed by atoms with Crippen LogP contribution in [0.25, 0.3) is 0 Å². The zero-order chi connectivity index (χ0) is 14.8. The minimum Gasteiger partial charge on any atom is -0.362 e. The molecule has 21 heavy (non-hydrogen) atoms. The molecule has 1 aliphatic carbocycles. The predicted octanol–water partition coefficient (Wildman–Crippen LogP) is 1.89. The molecule has 6 nitrogen and oxygen atoms in total. The van der Waals surface area contributed by atoms with Gasteiger partial charge in [-0.1, -0.05) is 11.3 Å². The molecule has 0 aliphatic heterocycles. The Balaban J connectivity index is 1.67. The summed E-state index contributed by atoms with van der Waals surface area (Å²) in [6.45, 7) is 4.69. The number of aromatic amines is 1. The molecule has 2 heterocycles. The van der Waals surface area contributed by atoms with E-state index in [0.29, 0.717) is 4.88 Å². The van der Waals surface area contributed by atoms with E-state index in [9.17, 15) is 4.79 Å². The number of aromatic nitrogens is 3. The van der Waals surface area contributed by atoms with Gasteiger partial charge in [-0.05, 0) is 32.3 Å². The van der Waals surface area contributed by atoms with Gasteiger partial charge in [0.05, 0.1) is 11.9 Å². The fourth-order valence-electron chi connectivity index (χ4n) is 2.62. The zero-order valence-corrected chi connectivity index (χ0v) is 13.0. The lowest BCUT2D eigenvalue weighted by Gasteiger charge is -2.22. The fourth-order valence-corrected chi connectivity index (χ4v) is 3.55. The zero-order valence-electron chi connectivity index (χ0n) is 12.2. The maximum Gasteiger partial charge on any atom is 0.263 e. The van der Waals surface area contributed by atoms with Gasteiger partial charge < -0.3 is 10.6 Å². The molecule has 7 heteroatoms. The van der Waals surface area contributed by atoms with Crippen LogP contribution >= 0.6 is 11.3 Å². The van der Waals surface area contributed by atoms with Gasteiger partial charge in [-0.15, -0.1) is 0 Å². The number of thiazole rings is 1. The molecule has 0 saturated heterocycles. The Bertz CT molecular complexity index is 648. The number of fused-ring (bicyclic) bond motifs is 1. The summed E-state index contributed by atoms with van der Waals surface area (Å²) in [5, 5.41) is 14.1. The smallest absolute Gasteiger partial charge is 0.263 e. The molecule has 1 aliphatic rings. The lowest BCUT2D eigenvalue weighted by Crippen LogP contribution is -2.38. The van der Waals surface area contributed by atoms with Crippen molar-refractivity contribution in [2.24, 2.45) is 0 Å². The molecule has 0 unspecified atom stereocenters. The monoisotopic (exact) mass is 305 g/mol. The van der Waals surface area contributed by atoms with Crippen LogP contribution in [0, 0.1) is 6.92 Å². The fraction of sp³-hybridized carbons (Fsp3) is 0.500. The summed E-state index contributed by atoms with van der Waals surface area (Å²) in [5.74, 6) is -0.0258. The number of carbonyl (C=O) groups is 1. The summed E-state index contributed by atoms with van der Waals surface area (Å²) >= 11 is 1.41. The average Bonchev–Trinajstić information content (AvgIpc) is 3.05. The summed E-state index contributed by atoms with van der Waals surface area (Å²) in [5.41, 5.74) is 3.19. The van der Waals surface area contributed by atoms with Crippen LogP contribution in [0.4, 0.5) is 5.13 Å². The quantitative estimate of drug-likeness (QED) is 0.805. The van der Waals surface area contributed by atoms with E-state index in [1.807, 2.05) is 20.0 Å². The first-order valence-corrected chi connectivity index (χ1v) is 8.02. The number of rotatable bonds is 4. The van der Waals surface area contributed by atoms with E-state index in [2.05, 4.69) is 25.8 Å². The summed E-state index contributed by atoms with van der Waals surface area (Å²) in [6.07, 6.45) is 4.61. The average molecular weight is 305 g/mol. The first-order chi connectivity index (χ1) is 10.2. The molecule has 1 amide bonds. The van der Waals surface area contributed by atoms with Gasteiger partial charge in [-0.2, -0.15) is 5.10 Å².